The lowest BCUT2D eigenvalue weighted by molar-refractivity contribution is -0.132. The minimum Gasteiger partial charge on any atom is -0.368 e. The zero-order valence-electron chi connectivity index (χ0n) is 10.6. The number of nitrogens with one attached hydrogen (secondary N) is 1. The lowest BCUT2D eigenvalue weighted by Gasteiger charge is -2.32. The number of nitrogens with two attached hydrogens (primary N) is 1. The van der Waals surface area contributed by atoms with Gasteiger partial charge in [0.25, 0.3) is 0 Å². The maximum atomic E-state index is 11.9. The number of rotatable bonds is 5. The van der Waals surface area contributed by atoms with Gasteiger partial charge in [-0.25, -0.2) is 0 Å². The molecule has 0 spiro atoms. The molecule has 0 saturated carbocycles. The van der Waals surface area contributed by atoms with E-state index in [1.54, 1.807) is 0 Å². The highest BCUT2D eigenvalue weighted by molar-refractivity contribution is 5.81. The predicted octanol–water partition coefficient (Wildman–Crippen LogP) is 1.05. The molecule has 3 N–H and O–H groups in total. The molecule has 0 aromatic carbocycles. The molecule has 0 aromatic rings. The van der Waals surface area contributed by atoms with E-state index in [-0.39, 0.29) is 17.6 Å². The fourth-order valence-corrected chi connectivity index (χ4v) is 2.25. The maximum Gasteiger partial charge on any atom is 0.249 e. The Balaban J connectivity index is 2.50. The van der Waals surface area contributed by atoms with E-state index in [0.717, 1.165) is 19.3 Å². The number of ether oxygens (including phenoxy) is 1. The molecular formula is C12H24N2O2. The Morgan fingerprint density at radius 1 is 1.62 bits per heavy atom. The summed E-state index contributed by atoms with van der Waals surface area (Å²) in [5.74, 6) is 0.504. The molecule has 1 heterocycles. The van der Waals surface area contributed by atoms with Gasteiger partial charge in [0, 0.05) is 18.7 Å². The van der Waals surface area contributed by atoms with Crippen molar-refractivity contribution >= 4 is 5.91 Å². The van der Waals surface area contributed by atoms with Crippen LogP contribution in [-0.2, 0) is 9.53 Å². The molecule has 1 rings (SSSR count). The summed E-state index contributed by atoms with van der Waals surface area (Å²) in [6, 6.07) is 0. The molecule has 1 aliphatic heterocycles. The Hall–Kier alpha value is -0.610. The molecule has 1 amide bonds. The fourth-order valence-electron chi connectivity index (χ4n) is 2.25. The first kappa shape index (κ1) is 13.5. The van der Waals surface area contributed by atoms with Gasteiger partial charge in [-0.3, -0.25) is 4.79 Å². The summed E-state index contributed by atoms with van der Waals surface area (Å²) in [6.45, 7) is 7.42. The first-order chi connectivity index (χ1) is 7.47. The summed E-state index contributed by atoms with van der Waals surface area (Å²) in [5.41, 5.74) is 5.44. The Kier molecular flexibility index (Phi) is 4.74. The van der Waals surface area contributed by atoms with Crippen LogP contribution in [0, 0.1) is 5.92 Å². The van der Waals surface area contributed by atoms with Crippen LogP contribution >= 0.6 is 0 Å². The van der Waals surface area contributed by atoms with E-state index in [0.29, 0.717) is 19.1 Å². The topological polar surface area (TPSA) is 64.3 Å². The zero-order chi connectivity index (χ0) is 12.2. The number of hydrogen-bond donors (Lipinski definition) is 2. The van der Waals surface area contributed by atoms with Crippen molar-refractivity contribution in [3.05, 3.63) is 0 Å². The van der Waals surface area contributed by atoms with Gasteiger partial charge in [0.05, 0.1) is 0 Å². The lowest BCUT2D eigenvalue weighted by atomic mass is 9.90. The average Bonchev–Trinajstić information content (AvgIpc) is 2.69. The van der Waals surface area contributed by atoms with Crippen molar-refractivity contribution in [2.24, 2.45) is 11.7 Å². The molecule has 1 aliphatic rings. The van der Waals surface area contributed by atoms with E-state index in [2.05, 4.69) is 19.2 Å². The van der Waals surface area contributed by atoms with Crippen molar-refractivity contribution in [2.75, 3.05) is 13.2 Å². The van der Waals surface area contributed by atoms with E-state index in [9.17, 15) is 4.79 Å². The standard InChI is InChI=1S/C12H24N2O2/c1-9(2)7-12(3,8-13)14-11(15)10-5-4-6-16-10/h9-10H,4-8,13H2,1-3H3,(H,14,15). The summed E-state index contributed by atoms with van der Waals surface area (Å²) >= 11 is 0. The van der Waals surface area contributed by atoms with Gasteiger partial charge in [-0.15, -0.1) is 0 Å². The van der Waals surface area contributed by atoms with Crippen molar-refractivity contribution in [1.82, 2.24) is 5.32 Å². The van der Waals surface area contributed by atoms with E-state index in [1.807, 2.05) is 6.92 Å². The Bertz CT molecular complexity index is 237. The number of carbonyl (C=O) groups excluding carboxylic acids is 1. The molecule has 2 atom stereocenters. The molecule has 1 fully saturated rings. The van der Waals surface area contributed by atoms with Crippen LogP contribution in [0.3, 0.4) is 0 Å². The molecule has 0 bridgehead atoms. The summed E-state index contributed by atoms with van der Waals surface area (Å²) in [4.78, 5) is 11.9. The van der Waals surface area contributed by atoms with Crippen LogP contribution in [0.1, 0.15) is 40.0 Å². The summed E-state index contributed by atoms with van der Waals surface area (Å²) in [7, 11) is 0. The number of hydrogen-bond acceptors (Lipinski definition) is 3. The zero-order valence-corrected chi connectivity index (χ0v) is 10.6. The predicted molar refractivity (Wildman–Crippen MR) is 64.0 cm³/mol. The second-order valence-electron chi connectivity index (χ2n) is 5.35. The second-order valence-corrected chi connectivity index (χ2v) is 5.35. The molecule has 0 aromatic heterocycles. The minimum absolute atomic E-state index is 0.00824. The first-order valence-corrected chi connectivity index (χ1v) is 6.10. The first-order valence-electron chi connectivity index (χ1n) is 6.10. The maximum absolute atomic E-state index is 11.9. The Morgan fingerprint density at radius 2 is 2.31 bits per heavy atom. The van der Waals surface area contributed by atoms with E-state index in [4.69, 9.17) is 10.5 Å². The van der Waals surface area contributed by atoms with Gasteiger partial charge >= 0.3 is 0 Å². The third-order valence-corrected chi connectivity index (χ3v) is 2.96. The quantitative estimate of drug-likeness (QED) is 0.739. The summed E-state index contributed by atoms with van der Waals surface area (Å²) in [6.07, 6.45) is 2.43. The van der Waals surface area contributed by atoms with E-state index >= 15 is 0 Å². The Morgan fingerprint density at radius 3 is 2.75 bits per heavy atom. The second kappa shape index (κ2) is 5.64. The Labute approximate surface area is 97.9 Å². The normalized spacial score (nSPS) is 24.4. The summed E-state index contributed by atoms with van der Waals surface area (Å²) in [5, 5.41) is 3.03. The molecule has 0 radical (unpaired) electrons. The molecule has 4 nitrogen and oxygen atoms in total. The van der Waals surface area contributed by atoms with Crippen molar-refractivity contribution in [3.63, 3.8) is 0 Å². The van der Waals surface area contributed by atoms with Crippen LogP contribution in [0.4, 0.5) is 0 Å². The van der Waals surface area contributed by atoms with Crippen LogP contribution < -0.4 is 11.1 Å². The van der Waals surface area contributed by atoms with Crippen LogP contribution in [0.2, 0.25) is 0 Å². The van der Waals surface area contributed by atoms with E-state index < -0.39 is 0 Å². The summed E-state index contributed by atoms with van der Waals surface area (Å²) < 4.78 is 5.36. The molecule has 0 aliphatic carbocycles. The largest absolute Gasteiger partial charge is 0.368 e. The average molecular weight is 228 g/mol. The molecular weight excluding hydrogens is 204 g/mol. The highest BCUT2D eigenvalue weighted by Crippen LogP contribution is 2.18. The van der Waals surface area contributed by atoms with Gasteiger partial charge in [0.1, 0.15) is 6.10 Å². The van der Waals surface area contributed by atoms with Gasteiger partial charge in [-0.2, -0.15) is 0 Å². The van der Waals surface area contributed by atoms with Crippen molar-refractivity contribution in [2.45, 2.75) is 51.7 Å². The van der Waals surface area contributed by atoms with Crippen LogP contribution in [0.5, 0.6) is 0 Å². The highest BCUT2D eigenvalue weighted by atomic mass is 16.5. The molecule has 1 saturated heterocycles. The molecule has 4 heteroatoms. The smallest absolute Gasteiger partial charge is 0.249 e. The van der Waals surface area contributed by atoms with Gasteiger partial charge in [0.2, 0.25) is 5.91 Å². The minimum atomic E-state index is -0.308. The SMILES string of the molecule is CC(C)CC(C)(CN)NC(=O)C1CCCO1. The van der Waals surface area contributed by atoms with Crippen molar-refractivity contribution in [1.29, 1.82) is 0 Å². The van der Waals surface area contributed by atoms with Gasteiger partial charge in [-0.05, 0) is 32.1 Å². The number of amides is 1. The third-order valence-electron chi connectivity index (χ3n) is 2.96. The van der Waals surface area contributed by atoms with Gasteiger partial charge < -0.3 is 15.8 Å². The number of carbonyl (C=O) groups is 1. The highest BCUT2D eigenvalue weighted by Gasteiger charge is 2.31. The lowest BCUT2D eigenvalue weighted by Crippen LogP contribution is -2.54. The monoisotopic (exact) mass is 228 g/mol. The van der Waals surface area contributed by atoms with Gasteiger partial charge in [-0.1, -0.05) is 13.8 Å². The van der Waals surface area contributed by atoms with Crippen LogP contribution in [0.25, 0.3) is 0 Å². The van der Waals surface area contributed by atoms with Crippen molar-refractivity contribution in [3.8, 4) is 0 Å². The van der Waals surface area contributed by atoms with E-state index in [1.165, 1.54) is 0 Å². The van der Waals surface area contributed by atoms with Crippen LogP contribution in [0.15, 0.2) is 0 Å². The molecule has 94 valence electrons. The fraction of sp³-hybridized carbons (Fsp3) is 0.917. The third kappa shape index (κ3) is 3.76. The van der Waals surface area contributed by atoms with Crippen molar-refractivity contribution < 1.29 is 9.53 Å². The van der Waals surface area contributed by atoms with Gasteiger partial charge in [0.15, 0.2) is 0 Å². The molecule has 16 heavy (non-hydrogen) atoms. The molecule has 2 unspecified atom stereocenters. The van der Waals surface area contributed by atoms with Crippen LogP contribution in [-0.4, -0.2) is 30.7 Å².